The highest BCUT2D eigenvalue weighted by atomic mass is 79.9. The van der Waals surface area contributed by atoms with Gasteiger partial charge in [-0.05, 0) is 28.9 Å². The normalized spacial score (nSPS) is 13.5. The predicted molar refractivity (Wildman–Crippen MR) is 68.9 cm³/mol. The van der Waals surface area contributed by atoms with Crippen molar-refractivity contribution in [3.8, 4) is 5.75 Å². The third kappa shape index (κ3) is 3.65. The second-order valence-electron chi connectivity index (χ2n) is 3.90. The molecule has 0 spiro atoms. The van der Waals surface area contributed by atoms with E-state index in [4.69, 9.17) is 4.74 Å². The fraction of sp³-hybridized carbons (Fsp3) is 0.364. The summed E-state index contributed by atoms with van der Waals surface area (Å²) < 4.78 is 9.76. The van der Waals surface area contributed by atoms with E-state index in [2.05, 4.69) is 20.7 Å². The van der Waals surface area contributed by atoms with Gasteiger partial charge in [0.15, 0.2) is 5.60 Å². The second kappa shape index (κ2) is 5.98. The maximum absolute atomic E-state index is 11.2. The van der Waals surface area contributed by atoms with E-state index in [9.17, 15) is 20.0 Å². The van der Waals surface area contributed by atoms with Crippen molar-refractivity contribution >= 4 is 27.6 Å². The van der Waals surface area contributed by atoms with Crippen molar-refractivity contribution in [1.82, 2.24) is 0 Å². The highest BCUT2D eigenvalue weighted by molar-refractivity contribution is 9.10. The maximum atomic E-state index is 11.2. The van der Waals surface area contributed by atoms with Crippen LogP contribution < -0.4 is 4.74 Å². The zero-order valence-electron chi connectivity index (χ0n) is 10.3. The summed E-state index contributed by atoms with van der Waals surface area (Å²) in [6.45, 7) is 0.837. The van der Waals surface area contributed by atoms with Crippen molar-refractivity contribution < 1.29 is 24.3 Å². The molecule has 0 saturated carbocycles. The van der Waals surface area contributed by atoms with Gasteiger partial charge in [0.2, 0.25) is 0 Å². The monoisotopic (exact) mass is 333 g/mol. The third-order valence-corrected chi connectivity index (χ3v) is 3.07. The first-order chi connectivity index (χ1) is 8.79. The fourth-order valence-electron chi connectivity index (χ4n) is 1.25. The molecular formula is C11H12BrNO6. The molecule has 1 unspecified atom stereocenters. The van der Waals surface area contributed by atoms with Crippen LogP contribution in [0.25, 0.3) is 0 Å². The van der Waals surface area contributed by atoms with Crippen LogP contribution in [-0.2, 0) is 9.53 Å². The quantitative estimate of drug-likeness (QED) is 0.499. The SMILES string of the molecule is COC(=O)C(C)(O)COc1cccc([N+](=O)[O-])c1Br. The molecule has 8 heteroatoms. The molecule has 0 heterocycles. The molecule has 7 nitrogen and oxygen atoms in total. The minimum Gasteiger partial charge on any atom is -0.488 e. The van der Waals surface area contributed by atoms with E-state index in [0.717, 1.165) is 7.11 Å². The average Bonchev–Trinajstić information content (AvgIpc) is 2.36. The van der Waals surface area contributed by atoms with Crippen LogP contribution in [0.3, 0.4) is 0 Å². The highest BCUT2D eigenvalue weighted by Crippen LogP contribution is 2.34. The van der Waals surface area contributed by atoms with Crippen molar-refractivity contribution in [3.05, 3.63) is 32.8 Å². The Labute approximate surface area is 117 Å². The van der Waals surface area contributed by atoms with Crippen LogP contribution in [0.4, 0.5) is 5.69 Å². The third-order valence-electron chi connectivity index (χ3n) is 2.27. The van der Waals surface area contributed by atoms with Gasteiger partial charge in [0.1, 0.15) is 16.8 Å². The summed E-state index contributed by atoms with van der Waals surface area (Å²) in [5, 5.41) is 20.5. The summed E-state index contributed by atoms with van der Waals surface area (Å²) >= 11 is 3.04. The van der Waals surface area contributed by atoms with E-state index in [0.29, 0.717) is 0 Å². The Balaban J connectivity index is 2.87. The molecule has 0 aliphatic carbocycles. The number of ether oxygens (including phenoxy) is 2. The van der Waals surface area contributed by atoms with E-state index in [-0.39, 0.29) is 22.5 Å². The Morgan fingerprint density at radius 2 is 2.21 bits per heavy atom. The molecule has 0 saturated heterocycles. The molecule has 1 atom stereocenters. The Morgan fingerprint density at radius 1 is 1.58 bits per heavy atom. The molecule has 1 N–H and O–H groups in total. The van der Waals surface area contributed by atoms with Gasteiger partial charge in [-0.3, -0.25) is 10.1 Å². The van der Waals surface area contributed by atoms with Gasteiger partial charge in [-0.25, -0.2) is 4.79 Å². The summed E-state index contributed by atoms with van der Waals surface area (Å²) in [5.74, 6) is -0.701. The number of nitro groups is 1. The number of rotatable bonds is 5. The second-order valence-corrected chi connectivity index (χ2v) is 4.69. The maximum Gasteiger partial charge on any atom is 0.341 e. The van der Waals surface area contributed by atoms with Crippen LogP contribution in [0.5, 0.6) is 5.75 Å². The summed E-state index contributed by atoms with van der Waals surface area (Å²) in [4.78, 5) is 21.4. The van der Waals surface area contributed by atoms with Gasteiger partial charge in [0.05, 0.1) is 12.0 Å². The predicted octanol–water partition coefficient (Wildman–Crippen LogP) is 1.66. The zero-order chi connectivity index (χ0) is 14.6. The topological polar surface area (TPSA) is 98.9 Å². The number of halogens is 1. The van der Waals surface area contributed by atoms with Gasteiger partial charge in [0, 0.05) is 6.07 Å². The van der Waals surface area contributed by atoms with Crippen LogP contribution in [0.15, 0.2) is 22.7 Å². The summed E-state index contributed by atoms with van der Waals surface area (Å²) in [6, 6.07) is 4.21. The van der Waals surface area contributed by atoms with Crippen molar-refractivity contribution in [3.63, 3.8) is 0 Å². The Kier molecular flexibility index (Phi) is 4.84. The highest BCUT2D eigenvalue weighted by Gasteiger charge is 2.33. The van der Waals surface area contributed by atoms with E-state index in [1.165, 1.54) is 25.1 Å². The molecule has 19 heavy (non-hydrogen) atoms. The number of nitrogens with zero attached hydrogens (tertiary/aromatic N) is 1. The molecule has 1 rings (SSSR count). The Morgan fingerprint density at radius 3 is 2.74 bits per heavy atom. The van der Waals surface area contributed by atoms with Crippen LogP contribution in [-0.4, -0.2) is 35.3 Å². The number of benzene rings is 1. The first-order valence-corrected chi connectivity index (χ1v) is 5.95. The van der Waals surface area contributed by atoms with Gasteiger partial charge in [0.25, 0.3) is 5.69 Å². The number of aliphatic hydroxyl groups is 1. The number of hydrogen-bond donors (Lipinski definition) is 1. The van der Waals surface area contributed by atoms with Crippen LogP contribution in [0, 0.1) is 10.1 Å². The van der Waals surface area contributed by atoms with Gasteiger partial charge < -0.3 is 14.6 Å². The lowest BCUT2D eigenvalue weighted by Gasteiger charge is -2.20. The minimum absolute atomic E-state index is 0.140. The molecule has 0 aliphatic heterocycles. The van der Waals surface area contributed by atoms with Crippen molar-refractivity contribution in [2.45, 2.75) is 12.5 Å². The van der Waals surface area contributed by atoms with Crippen molar-refractivity contribution in [1.29, 1.82) is 0 Å². The molecule has 104 valence electrons. The molecule has 0 fully saturated rings. The lowest BCUT2D eigenvalue weighted by molar-refractivity contribution is -0.385. The van der Waals surface area contributed by atoms with Gasteiger partial charge in [-0.15, -0.1) is 0 Å². The number of hydrogen-bond acceptors (Lipinski definition) is 6. The zero-order valence-corrected chi connectivity index (χ0v) is 11.8. The fourth-order valence-corrected chi connectivity index (χ4v) is 1.77. The van der Waals surface area contributed by atoms with Crippen molar-refractivity contribution in [2.24, 2.45) is 0 Å². The molecule has 1 aromatic rings. The number of methoxy groups -OCH3 is 1. The lowest BCUT2D eigenvalue weighted by atomic mass is 10.1. The average molecular weight is 334 g/mol. The van der Waals surface area contributed by atoms with E-state index >= 15 is 0 Å². The standard InChI is InChI=1S/C11H12BrNO6/c1-11(15,10(14)18-2)6-19-8-5-3-4-7(9(8)12)13(16)17/h3-5,15H,6H2,1-2H3. The molecule has 0 amide bonds. The van der Waals surface area contributed by atoms with Crippen LogP contribution in [0.2, 0.25) is 0 Å². The molecule has 0 aromatic heterocycles. The van der Waals surface area contributed by atoms with E-state index < -0.39 is 16.5 Å². The summed E-state index contributed by atoms with van der Waals surface area (Å²) in [5.41, 5.74) is -2.01. The Hall–Kier alpha value is -1.67. The van der Waals surface area contributed by atoms with Crippen LogP contribution in [0.1, 0.15) is 6.92 Å². The first kappa shape index (κ1) is 15.4. The van der Waals surface area contributed by atoms with E-state index in [1.807, 2.05) is 0 Å². The van der Waals surface area contributed by atoms with Crippen LogP contribution >= 0.6 is 15.9 Å². The summed E-state index contributed by atoms with van der Waals surface area (Å²) in [6.07, 6.45) is 0. The van der Waals surface area contributed by atoms with Crippen molar-refractivity contribution in [2.75, 3.05) is 13.7 Å². The van der Waals surface area contributed by atoms with E-state index in [1.54, 1.807) is 0 Å². The van der Waals surface area contributed by atoms with Gasteiger partial charge in [-0.2, -0.15) is 0 Å². The van der Waals surface area contributed by atoms with Gasteiger partial charge in [-0.1, -0.05) is 6.07 Å². The molecule has 0 radical (unpaired) electrons. The molecular weight excluding hydrogens is 322 g/mol. The Bertz CT molecular complexity index is 502. The number of esters is 1. The minimum atomic E-state index is -1.83. The number of nitro benzene ring substituents is 1. The summed E-state index contributed by atoms with van der Waals surface area (Å²) in [7, 11) is 1.14. The van der Waals surface area contributed by atoms with Gasteiger partial charge >= 0.3 is 5.97 Å². The molecule has 0 aliphatic rings. The number of carbonyl (C=O) groups excluding carboxylic acids is 1. The smallest absolute Gasteiger partial charge is 0.341 e. The molecule has 1 aromatic carbocycles. The lowest BCUT2D eigenvalue weighted by Crippen LogP contribution is -2.42. The first-order valence-electron chi connectivity index (χ1n) is 5.16. The largest absolute Gasteiger partial charge is 0.488 e. The molecule has 0 bridgehead atoms. The number of carbonyl (C=O) groups is 1.